The molecule has 0 saturated carbocycles. The zero-order chi connectivity index (χ0) is 19.6. The lowest BCUT2D eigenvalue weighted by atomic mass is 10.1. The first-order valence-corrected chi connectivity index (χ1v) is 8.02. The van der Waals surface area contributed by atoms with E-state index in [0.717, 1.165) is 17.8 Å². The maximum Gasteiger partial charge on any atom is 0.416 e. The Morgan fingerprint density at radius 1 is 1.19 bits per heavy atom. The van der Waals surface area contributed by atoms with E-state index in [4.69, 9.17) is 11.5 Å². The molecule has 26 heavy (non-hydrogen) atoms. The number of rotatable bonds is 5. The minimum Gasteiger partial charge on any atom is -0.366 e. The Balaban J connectivity index is 2.63. The van der Waals surface area contributed by atoms with Crippen molar-refractivity contribution in [1.82, 2.24) is 9.97 Å². The van der Waals surface area contributed by atoms with Gasteiger partial charge in [-0.05, 0) is 24.5 Å². The Kier molecular flexibility index (Phi) is 5.25. The fourth-order valence-electron chi connectivity index (χ4n) is 2.01. The van der Waals surface area contributed by atoms with Crippen molar-refractivity contribution >= 4 is 35.1 Å². The number of H-pyrrole nitrogens is 1. The largest absolute Gasteiger partial charge is 0.416 e. The van der Waals surface area contributed by atoms with Crippen LogP contribution >= 0.6 is 11.8 Å². The normalized spacial score (nSPS) is 11.2. The fraction of sp³-hybridized carbons (Fsp3) is 0.143. The van der Waals surface area contributed by atoms with Gasteiger partial charge in [-0.25, -0.2) is 4.98 Å². The van der Waals surface area contributed by atoms with Crippen molar-refractivity contribution in [3.8, 4) is 0 Å². The van der Waals surface area contributed by atoms with Crippen molar-refractivity contribution in [2.75, 3.05) is 11.6 Å². The summed E-state index contributed by atoms with van der Waals surface area (Å²) in [5, 5.41) is 2.53. The molecule has 0 aliphatic heterocycles. The van der Waals surface area contributed by atoms with E-state index in [1.54, 1.807) is 6.26 Å². The van der Waals surface area contributed by atoms with Crippen LogP contribution in [0.3, 0.4) is 0 Å². The zero-order valence-electron chi connectivity index (χ0n) is 13.1. The van der Waals surface area contributed by atoms with Crippen LogP contribution < -0.4 is 22.3 Å². The number of halogens is 3. The highest BCUT2D eigenvalue weighted by atomic mass is 32.2. The summed E-state index contributed by atoms with van der Waals surface area (Å²) in [6, 6.07) is 2.30. The Bertz CT molecular complexity index is 942. The molecule has 12 heteroatoms. The van der Waals surface area contributed by atoms with Crippen LogP contribution in [0.4, 0.5) is 24.7 Å². The molecule has 0 aliphatic carbocycles. The highest BCUT2D eigenvalue weighted by Gasteiger charge is 2.32. The first-order chi connectivity index (χ1) is 12.0. The summed E-state index contributed by atoms with van der Waals surface area (Å²) < 4.78 is 39.0. The molecule has 0 spiro atoms. The number of hydrogen-bond acceptors (Lipinski definition) is 6. The molecule has 2 amide bonds. The summed E-state index contributed by atoms with van der Waals surface area (Å²) in [6.07, 6.45) is -3.16. The van der Waals surface area contributed by atoms with Crippen molar-refractivity contribution < 1.29 is 22.8 Å². The van der Waals surface area contributed by atoms with Gasteiger partial charge in [0, 0.05) is 11.3 Å². The minimum absolute atomic E-state index is 0.101. The SMILES string of the molecule is CSc1nc(Nc2cc(C(N)=O)cc(C(F)(F)F)c2)c(C(N)=O)c(=O)[nH]1. The molecule has 2 aromatic rings. The molecule has 0 saturated heterocycles. The summed E-state index contributed by atoms with van der Waals surface area (Å²) in [6.45, 7) is 0. The van der Waals surface area contributed by atoms with Crippen LogP contribution in [0, 0.1) is 0 Å². The van der Waals surface area contributed by atoms with Crippen LogP contribution in [0.2, 0.25) is 0 Å². The molecule has 0 unspecified atom stereocenters. The Hall–Kier alpha value is -3.02. The van der Waals surface area contributed by atoms with Gasteiger partial charge in [0.15, 0.2) is 11.0 Å². The second-order valence-electron chi connectivity index (χ2n) is 4.95. The predicted octanol–water partition coefficient (Wildman–Crippen LogP) is 1.45. The first kappa shape index (κ1) is 19.3. The van der Waals surface area contributed by atoms with Crippen LogP contribution in [0.1, 0.15) is 26.3 Å². The number of hydrogen-bond donors (Lipinski definition) is 4. The summed E-state index contributed by atoms with van der Waals surface area (Å²) in [7, 11) is 0. The second-order valence-corrected chi connectivity index (χ2v) is 5.74. The number of nitrogens with one attached hydrogen (secondary N) is 2. The summed E-state index contributed by atoms with van der Waals surface area (Å²) in [5.74, 6) is -2.56. The van der Waals surface area contributed by atoms with E-state index in [1.165, 1.54) is 0 Å². The number of benzene rings is 1. The molecular formula is C14H12F3N5O3S. The number of carbonyl (C=O) groups is 2. The van der Waals surface area contributed by atoms with Crippen LogP contribution in [-0.4, -0.2) is 28.0 Å². The third-order valence-electron chi connectivity index (χ3n) is 3.15. The van der Waals surface area contributed by atoms with Gasteiger partial charge < -0.3 is 21.8 Å². The maximum atomic E-state index is 13.0. The highest BCUT2D eigenvalue weighted by Crippen LogP contribution is 2.33. The monoisotopic (exact) mass is 387 g/mol. The lowest BCUT2D eigenvalue weighted by Gasteiger charge is -2.14. The van der Waals surface area contributed by atoms with E-state index >= 15 is 0 Å². The number of amides is 2. The number of nitrogens with zero attached hydrogens (tertiary/aromatic N) is 1. The smallest absolute Gasteiger partial charge is 0.366 e. The van der Waals surface area contributed by atoms with E-state index in [2.05, 4.69) is 15.3 Å². The number of aromatic nitrogens is 2. The van der Waals surface area contributed by atoms with Crippen molar-refractivity contribution in [2.45, 2.75) is 11.3 Å². The molecule has 8 nitrogen and oxygen atoms in total. The molecule has 0 bridgehead atoms. The molecule has 1 aromatic heterocycles. The Morgan fingerprint density at radius 3 is 2.35 bits per heavy atom. The van der Waals surface area contributed by atoms with Crippen molar-refractivity contribution in [3.05, 3.63) is 45.2 Å². The van der Waals surface area contributed by atoms with Crippen molar-refractivity contribution in [2.24, 2.45) is 11.5 Å². The number of alkyl halides is 3. The van der Waals surface area contributed by atoms with Crippen molar-refractivity contribution in [3.63, 3.8) is 0 Å². The van der Waals surface area contributed by atoms with Gasteiger partial charge in [0.25, 0.3) is 11.5 Å². The molecule has 1 aromatic carbocycles. The Labute approximate surface area is 148 Å². The van der Waals surface area contributed by atoms with Gasteiger partial charge in [0.05, 0.1) is 5.56 Å². The van der Waals surface area contributed by atoms with Crippen LogP contribution in [-0.2, 0) is 6.18 Å². The number of carbonyl (C=O) groups excluding carboxylic acids is 2. The quantitative estimate of drug-likeness (QED) is 0.451. The second kappa shape index (κ2) is 7.07. The molecule has 0 fully saturated rings. The molecule has 138 valence electrons. The van der Waals surface area contributed by atoms with E-state index in [0.29, 0.717) is 12.1 Å². The molecule has 1 heterocycles. The number of aromatic amines is 1. The van der Waals surface area contributed by atoms with Gasteiger partial charge >= 0.3 is 6.18 Å². The molecular weight excluding hydrogens is 375 g/mol. The lowest BCUT2D eigenvalue weighted by molar-refractivity contribution is -0.137. The van der Waals surface area contributed by atoms with E-state index in [-0.39, 0.29) is 16.7 Å². The van der Waals surface area contributed by atoms with E-state index in [9.17, 15) is 27.6 Å². The molecule has 0 atom stereocenters. The average Bonchev–Trinajstić information content (AvgIpc) is 2.52. The number of thioether (sulfide) groups is 1. The van der Waals surface area contributed by atoms with Gasteiger partial charge in [0.2, 0.25) is 5.91 Å². The van der Waals surface area contributed by atoms with Gasteiger partial charge in [-0.3, -0.25) is 14.4 Å². The fourth-order valence-corrected chi connectivity index (χ4v) is 2.39. The third-order valence-corrected chi connectivity index (χ3v) is 3.73. The molecule has 0 radical (unpaired) electrons. The predicted molar refractivity (Wildman–Crippen MR) is 88.4 cm³/mol. The Morgan fingerprint density at radius 2 is 1.85 bits per heavy atom. The van der Waals surface area contributed by atoms with Crippen molar-refractivity contribution in [1.29, 1.82) is 0 Å². The maximum absolute atomic E-state index is 13.0. The number of anilines is 2. The third kappa shape index (κ3) is 4.14. The summed E-state index contributed by atoms with van der Waals surface area (Å²) >= 11 is 1.03. The van der Waals surface area contributed by atoms with Crippen LogP contribution in [0.15, 0.2) is 28.2 Å². The van der Waals surface area contributed by atoms with Gasteiger partial charge in [-0.1, -0.05) is 11.8 Å². The number of nitrogens with two attached hydrogens (primary N) is 2. The lowest BCUT2D eigenvalue weighted by Crippen LogP contribution is -2.26. The molecule has 6 N–H and O–H groups in total. The number of primary amides is 2. The van der Waals surface area contributed by atoms with E-state index in [1.807, 2.05) is 0 Å². The average molecular weight is 387 g/mol. The zero-order valence-corrected chi connectivity index (χ0v) is 13.9. The molecule has 2 rings (SSSR count). The van der Waals surface area contributed by atoms with Crippen LogP contribution in [0.25, 0.3) is 0 Å². The highest BCUT2D eigenvalue weighted by molar-refractivity contribution is 7.98. The summed E-state index contributed by atoms with van der Waals surface area (Å²) in [4.78, 5) is 41.0. The first-order valence-electron chi connectivity index (χ1n) is 6.80. The minimum atomic E-state index is -4.75. The van der Waals surface area contributed by atoms with E-state index < -0.39 is 40.2 Å². The van der Waals surface area contributed by atoms with Crippen LogP contribution in [0.5, 0.6) is 0 Å². The standard InChI is InChI=1S/C14H12F3N5O3S/c1-26-13-21-11(8(10(19)24)12(25)22-13)20-7-3-5(9(18)23)2-6(4-7)14(15,16)17/h2-4H,1H3,(H2,18,23)(H2,19,24)(H2,20,21,22,25). The topological polar surface area (TPSA) is 144 Å². The van der Waals surface area contributed by atoms with Gasteiger partial charge in [0.1, 0.15) is 5.56 Å². The van der Waals surface area contributed by atoms with Gasteiger partial charge in [-0.2, -0.15) is 13.2 Å². The molecule has 0 aliphatic rings. The van der Waals surface area contributed by atoms with Gasteiger partial charge in [-0.15, -0.1) is 0 Å². The summed E-state index contributed by atoms with van der Waals surface area (Å²) in [5.41, 5.74) is 6.95.